The van der Waals surface area contributed by atoms with Gasteiger partial charge >= 0.3 is 0 Å². The first-order valence-electron chi connectivity index (χ1n) is 9.46. The second-order valence-electron chi connectivity index (χ2n) is 6.62. The molecule has 0 saturated heterocycles. The monoisotopic (exact) mass is 396 g/mol. The first-order valence-corrected chi connectivity index (χ1v) is 9.46. The Hall–Kier alpha value is -4.19. The Morgan fingerprint density at radius 1 is 0.800 bits per heavy atom. The molecule has 0 atom stereocenters. The second-order valence-corrected chi connectivity index (χ2v) is 6.62. The molecule has 4 aromatic rings. The Balaban J connectivity index is 1.37. The molecule has 6 heteroatoms. The predicted molar refractivity (Wildman–Crippen MR) is 117 cm³/mol. The van der Waals surface area contributed by atoms with Crippen molar-refractivity contribution < 1.29 is 9.53 Å². The third-order valence-electron chi connectivity index (χ3n) is 4.38. The van der Waals surface area contributed by atoms with E-state index in [1.165, 1.54) is 12.4 Å². The van der Waals surface area contributed by atoms with Gasteiger partial charge in [-0.25, -0.2) is 9.97 Å². The van der Waals surface area contributed by atoms with Gasteiger partial charge in [0.15, 0.2) is 0 Å². The molecule has 30 heavy (non-hydrogen) atoms. The number of rotatable bonds is 6. The molecule has 3 aromatic carbocycles. The van der Waals surface area contributed by atoms with E-state index in [9.17, 15) is 4.79 Å². The summed E-state index contributed by atoms with van der Waals surface area (Å²) < 4.78 is 5.75. The van der Waals surface area contributed by atoms with E-state index in [0.29, 0.717) is 17.3 Å². The third kappa shape index (κ3) is 4.80. The maximum absolute atomic E-state index is 12.4. The molecule has 148 valence electrons. The Labute approximate surface area is 174 Å². The first-order chi connectivity index (χ1) is 14.7. The highest BCUT2D eigenvalue weighted by Gasteiger charge is 2.09. The van der Waals surface area contributed by atoms with Gasteiger partial charge in [-0.05, 0) is 55.0 Å². The summed E-state index contributed by atoms with van der Waals surface area (Å²) in [7, 11) is 0. The molecule has 2 N–H and O–H groups in total. The van der Waals surface area contributed by atoms with Crippen LogP contribution in [-0.2, 0) is 0 Å². The molecule has 0 saturated carbocycles. The number of benzene rings is 3. The number of nitrogens with one attached hydrogen (secondary N) is 2. The van der Waals surface area contributed by atoms with Gasteiger partial charge in [0.1, 0.15) is 23.0 Å². The third-order valence-corrected chi connectivity index (χ3v) is 4.38. The molecule has 1 amide bonds. The maximum Gasteiger partial charge on any atom is 0.275 e. The van der Waals surface area contributed by atoms with Crippen molar-refractivity contribution in [3.8, 4) is 11.5 Å². The number of para-hydroxylation sites is 2. The molecule has 0 fully saturated rings. The molecule has 0 radical (unpaired) electrons. The predicted octanol–water partition coefficient (Wildman–Crippen LogP) is 5.57. The highest BCUT2D eigenvalue weighted by atomic mass is 16.5. The minimum absolute atomic E-state index is 0.231. The van der Waals surface area contributed by atoms with Gasteiger partial charge in [-0.1, -0.05) is 36.4 Å². The number of carbonyl (C=O) groups is 1. The van der Waals surface area contributed by atoms with Crippen LogP contribution < -0.4 is 15.4 Å². The topological polar surface area (TPSA) is 76.1 Å². The zero-order chi connectivity index (χ0) is 20.8. The van der Waals surface area contributed by atoms with Crippen LogP contribution in [0.25, 0.3) is 0 Å². The zero-order valence-corrected chi connectivity index (χ0v) is 16.4. The lowest BCUT2D eigenvalue weighted by Gasteiger charge is -2.09. The minimum atomic E-state index is -0.332. The summed E-state index contributed by atoms with van der Waals surface area (Å²) in [5.41, 5.74) is 2.92. The number of hydrogen-bond donors (Lipinski definition) is 2. The molecule has 1 aromatic heterocycles. The maximum atomic E-state index is 12.4. The van der Waals surface area contributed by atoms with E-state index in [1.807, 2.05) is 61.5 Å². The van der Waals surface area contributed by atoms with E-state index < -0.39 is 0 Å². The lowest BCUT2D eigenvalue weighted by atomic mass is 10.2. The molecule has 0 aliphatic rings. The van der Waals surface area contributed by atoms with E-state index in [4.69, 9.17) is 4.74 Å². The Bertz CT molecular complexity index is 1130. The lowest BCUT2D eigenvalue weighted by molar-refractivity contribution is 0.102. The second kappa shape index (κ2) is 8.87. The van der Waals surface area contributed by atoms with Crippen molar-refractivity contribution in [3.05, 3.63) is 103 Å². The van der Waals surface area contributed by atoms with Crippen LogP contribution in [0, 0.1) is 6.92 Å². The number of aromatic nitrogens is 2. The van der Waals surface area contributed by atoms with Gasteiger partial charge in [0, 0.05) is 11.4 Å². The summed E-state index contributed by atoms with van der Waals surface area (Å²) in [5, 5.41) is 6.01. The normalized spacial score (nSPS) is 10.3. The summed E-state index contributed by atoms with van der Waals surface area (Å²) in [4.78, 5) is 20.9. The van der Waals surface area contributed by atoms with Crippen molar-refractivity contribution in [2.75, 3.05) is 10.6 Å². The van der Waals surface area contributed by atoms with Crippen molar-refractivity contribution in [3.63, 3.8) is 0 Å². The highest BCUT2D eigenvalue weighted by molar-refractivity contribution is 6.02. The van der Waals surface area contributed by atoms with Gasteiger partial charge in [-0.15, -0.1) is 0 Å². The van der Waals surface area contributed by atoms with Crippen LogP contribution in [0.1, 0.15) is 16.1 Å². The fraction of sp³-hybridized carbons (Fsp3) is 0.0417. The number of nitrogens with zero attached hydrogens (tertiary/aromatic N) is 2. The zero-order valence-electron chi connectivity index (χ0n) is 16.4. The molecule has 0 aliphatic carbocycles. The summed E-state index contributed by atoms with van der Waals surface area (Å²) in [6, 6.07) is 24.5. The summed E-state index contributed by atoms with van der Waals surface area (Å²) >= 11 is 0. The Morgan fingerprint density at radius 3 is 2.20 bits per heavy atom. The number of anilines is 3. The molecule has 0 spiro atoms. The van der Waals surface area contributed by atoms with E-state index in [2.05, 4.69) is 20.6 Å². The van der Waals surface area contributed by atoms with Crippen molar-refractivity contribution in [1.82, 2.24) is 9.97 Å². The molecule has 4 rings (SSSR count). The van der Waals surface area contributed by atoms with E-state index in [-0.39, 0.29) is 11.6 Å². The fourth-order valence-electron chi connectivity index (χ4n) is 2.79. The average molecular weight is 396 g/mol. The van der Waals surface area contributed by atoms with E-state index in [0.717, 1.165) is 17.0 Å². The standard InChI is InChI=1S/C24H20N4O2/c1-17-7-5-6-10-21(17)28-23-16-25-22(15-26-23)24(29)27-18-11-13-20(14-12-18)30-19-8-3-2-4-9-19/h2-16H,1H3,(H,26,28)(H,27,29). The van der Waals surface area contributed by atoms with Crippen LogP contribution in [0.15, 0.2) is 91.3 Å². The fourth-order valence-corrected chi connectivity index (χ4v) is 2.79. The van der Waals surface area contributed by atoms with Crippen LogP contribution >= 0.6 is 0 Å². The van der Waals surface area contributed by atoms with Gasteiger partial charge in [0.25, 0.3) is 5.91 Å². The van der Waals surface area contributed by atoms with Crippen molar-refractivity contribution in [1.29, 1.82) is 0 Å². The van der Waals surface area contributed by atoms with Crippen molar-refractivity contribution in [2.45, 2.75) is 6.92 Å². The number of amides is 1. The van der Waals surface area contributed by atoms with Gasteiger partial charge in [-0.3, -0.25) is 4.79 Å². The molecule has 0 aliphatic heterocycles. The van der Waals surface area contributed by atoms with Gasteiger partial charge < -0.3 is 15.4 Å². The largest absolute Gasteiger partial charge is 0.457 e. The quantitative estimate of drug-likeness (QED) is 0.445. The molecule has 6 nitrogen and oxygen atoms in total. The lowest BCUT2D eigenvalue weighted by Crippen LogP contribution is -2.14. The number of ether oxygens (including phenoxy) is 1. The smallest absolute Gasteiger partial charge is 0.275 e. The summed E-state index contributed by atoms with van der Waals surface area (Å²) in [6.07, 6.45) is 2.99. The average Bonchev–Trinajstić information content (AvgIpc) is 2.78. The minimum Gasteiger partial charge on any atom is -0.457 e. The van der Waals surface area contributed by atoms with Crippen LogP contribution in [0.3, 0.4) is 0 Å². The van der Waals surface area contributed by atoms with Crippen molar-refractivity contribution >= 4 is 23.1 Å². The van der Waals surface area contributed by atoms with Gasteiger partial charge in [0.05, 0.1) is 12.4 Å². The van der Waals surface area contributed by atoms with E-state index in [1.54, 1.807) is 24.3 Å². The van der Waals surface area contributed by atoms with Crippen molar-refractivity contribution in [2.24, 2.45) is 0 Å². The highest BCUT2D eigenvalue weighted by Crippen LogP contribution is 2.23. The van der Waals surface area contributed by atoms with Gasteiger partial charge in [-0.2, -0.15) is 0 Å². The van der Waals surface area contributed by atoms with E-state index >= 15 is 0 Å². The Kier molecular flexibility index (Phi) is 5.66. The number of carbonyl (C=O) groups excluding carboxylic acids is 1. The number of hydrogen-bond acceptors (Lipinski definition) is 5. The summed E-state index contributed by atoms with van der Waals surface area (Å²) in [5.74, 6) is 1.68. The van der Waals surface area contributed by atoms with Crippen LogP contribution in [0.4, 0.5) is 17.2 Å². The van der Waals surface area contributed by atoms with Crippen LogP contribution in [0.2, 0.25) is 0 Å². The first kappa shape index (κ1) is 19.1. The molecule has 1 heterocycles. The Morgan fingerprint density at radius 2 is 1.50 bits per heavy atom. The van der Waals surface area contributed by atoms with Gasteiger partial charge in [0.2, 0.25) is 0 Å². The molecule has 0 unspecified atom stereocenters. The summed E-state index contributed by atoms with van der Waals surface area (Å²) in [6.45, 7) is 2.01. The molecular formula is C24H20N4O2. The van der Waals surface area contributed by atoms with Crippen LogP contribution in [-0.4, -0.2) is 15.9 Å². The number of aryl methyl sites for hydroxylation is 1. The molecule has 0 bridgehead atoms. The molecular weight excluding hydrogens is 376 g/mol. The SMILES string of the molecule is Cc1ccccc1Nc1cnc(C(=O)Nc2ccc(Oc3ccccc3)cc2)cn1. The van der Waals surface area contributed by atoms with Crippen LogP contribution in [0.5, 0.6) is 11.5 Å².